The van der Waals surface area contributed by atoms with Crippen LogP contribution in [0.15, 0.2) is 47.6 Å². The predicted octanol–water partition coefficient (Wildman–Crippen LogP) is 4.17. The van der Waals surface area contributed by atoms with Crippen molar-refractivity contribution in [3.8, 4) is 11.5 Å². The van der Waals surface area contributed by atoms with Gasteiger partial charge in [0.15, 0.2) is 11.6 Å². The summed E-state index contributed by atoms with van der Waals surface area (Å²) in [6, 6.07) is 12.2. The topological polar surface area (TPSA) is 40.0 Å². The molecule has 0 radical (unpaired) electrons. The van der Waals surface area contributed by atoms with Crippen LogP contribution in [0.4, 0.5) is 4.39 Å². The molecule has 23 heavy (non-hydrogen) atoms. The Hall–Kier alpha value is -2.56. The van der Waals surface area contributed by atoms with Gasteiger partial charge in [-0.05, 0) is 43.7 Å². The maximum absolute atomic E-state index is 13.6. The van der Waals surface area contributed by atoms with Crippen LogP contribution in [0.1, 0.15) is 25.0 Å². The van der Waals surface area contributed by atoms with Crippen molar-refractivity contribution in [2.45, 2.75) is 26.6 Å². The zero-order valence-corrected chi connectivity index (χ0v) is 13.5. The average Bonchev–Trinajstić information content (AvgIpc) is 2.52. The molecular formula is C18H20FNO3. The molecule has 0 bridgehead atoms. The van der Waals surface area contributed by atoms with Crippen LogP contribution in [0, 0.1) is 5.82 Å². The Kier molecular flexibility index (Phi) is 5.97. The van der Waals surface area contributed by atoms with Gasteiger partial charge in [0.05, 0.1) is 19.4 Å². The normalized spacial score (nSPS) is 11.0. The molecule has 0 aliphatic carbocycles. The molecule has 0 aliphatic heterocycles. The van der Waals surface area contributed by atoms with Gasteiger partial charge in [-0.1, -0.05) is 23.4 Å². The zero-order valence-electron chi connectivity index (χ0n) is 13.5. The van der Waals surface area contributed by atoms with Crippen LogP contribution >= 0.6 is 0 Å². The van der Waals surface area contributed by atoms with Crippen molar-refractivity contribution in [2.75, 3.05) is 7.11 Å². The van der Waals surface area contributed by atoms with Crippen LogP contribution in [0.3, 0.4) is 0 Å². The van der Waals surface area contributed by atoms with Crippen molar-refractivity contribution in [2.24, 2.45) is 5.16 Å². The van der Waals surface area contributed by atoms with E-state index >= 15 is 0 Å². The average molecular weight is 317 g/mol. The molecule has 0 aromatic heterocycles. The molecule has 0 atom stereocenters. The third kappa shape index (κ3) is 4.98. The van der Waals surface area contributed by atoms with Crippen molar-refractivity contribution >= 4 is 6.21 Å². The summed E-state index contributed by atoms with van der Waals surface area (Å²) in [5.74, 6) is 0.524. The molecule has 0 aliphatic rings. The Morgan fingerprint density at radius 1 is 1.13 bits per heavy atom. The van der Waals surface area contributed by atoms with Gasteiger partial charge in [-0.25, -0.2) is 4.39 Å². The van der Waals surface area contributed by atoms with Gasteiger partial charge in [0.1, 0.15) is 12.4 Å². The van der Waals surface area contributed by atoms with Gasteiger partial charge in [-0.3, -0.25) is 0 Å². The van der Waals surface area contributed by atoms with E-state index in [1.54, 1.807) is 18.3 Å². The second-order valence-electron chi connectivity index (χ2n) is 5.18. The minimum atomic E-state index is -0.423. The Morgan fingerprint density at radius 2 is 1.91 bits per heavy atom. The first-order valence-corrected chi connectivity index (χ1v) is 7.33. The molecule has 0 spiro atoms. The summed E-state index contributed by atoms with van der Waals surface area (Å²) in [5.41, 5.74) is 1.49. The lowest BCUT2D eigenvalue weighted by atomic mass is 10.2. The summed E-state index contributed by atoms with van der Waals surface area (Å²) in [6.07, 6.45) is 1.66. The van der Waals surface area contributed by atoms with Crippen LogP contribution < -0.4 is 9.47 Å². The molecule has 4 nitrogen and oxygen atoms in total. The standard InChI is InChI=1S/C18H20FNO3/c1-13(2)23-17-7-5-4-6-15(17)11-20-22-12-14-8-9-18(21-3)16(19)10-14/h4-11,13H,12H2,1-3H3. The number of hydrogen-bond donors (Lipinski definition) is 0. The monoisotopic (exact) mass is 317 g/mol. The second-order valence-corrected chi connectivity index (χ2v) is 5.18. The van der Waals surface area contributed by atoms with Crippen LogP contribution in [-0.2, 0) is 11.4 Å². The van der Waals surface area contributed by atoms with Gasteiger partial charge in [-0.2, -0.15) is 0 Å². The number of ether oxygens (including phenoxy) is 2. The van der Waals surface area contributed by atoms with Gasteiger partial charge in [0.25, 0.3) is 0 Å². The Balaban J connectivity index is 1.96. The van der Waals surface area contributed by atoms with E-state index in [4.69, 9.17) is 14.3 Å². The highest BCUT2D eigenvalue weighted by molar-refractivity contribution is 5.83. The quantitative estimate of drug-likeness (QED) is 0.568. The number of nitrogens with zero attached hydrogens (tertiary/aromatic N) is 1. The number of rotatable bonds is 7. The predicted molar refractivity (Wildman–Crippen MR) is 87.5 cm³/mol. The molecule has 0 unspecified atom stereocenters. The molecule has 0 heterocycles. The molecule has 2 rings (SSSR count). The van der Waals surface area contributed by atoms with Crippen molar-refractivity contribution < 1.29 is 18.7 Å². The van der Waals surface area contributed by atoms with Crippen molar-refractivity contribution in [3.63, 3.8) is 0 Å². The van der Waals surface area contributed by atoms with E-state index in [-0.39, 0.29) is 18.5 Å². The molecule has 2 aromatic carbocycles. The summed E-state index contributed by atoms with van der Waals surface area (Å²) in [6.45, 7) is 4.09. The summed E-state index contributed by atoms with van der Waals surface area (Å²) in [5, 5.41) is 3.92. The molecule has 0 N–H and O–H groups in total. The number of oxime groups is 1. The van der Waals surface area contributed by atoms with Crippen LogP contribution in [0.5, 0.6) is 11.5 Å². The van der Waals surface area contributed by atoms with E-state index in [0.29, 0.717) is 5.56 Å². The van der Waals surface area contributed by atoms with E-state index < -0.39 is 5.82 Å². The lowest BCUT2D eigenvalue weighted by Crippen LogP contribution is -2.07. The molecule has 122 valence electrons. The highest BCUT2D eigenvalue weighted by Crippen LogP contribution is 2.19. The number of para-hydroxylation sites is 1. The van der Waals surface area contributed by atoms with E-state index in [1.165, 1.54) is 13.2 Å². The van der Waals surface area contributed by atoms with E-state index in [9.17, 15) is 4.39 Å². The fourth-order valence-electron chi connectivity index (χ4n) is 1.95. The Labute approximate surface area is 135 Å². The second kappa shape index (κ2) is 8.17. The smallest absolute Gasteiger partial charge is 0.165 e. The molecule has 0 fully saturated rings. The molecule has 0 saturated carbocycles. The van der Waals surface area contributed by atoms with Gasteiger partial charge in [-0.15, -0.1) is 0 Å². The largest absolute Gasteiger partial charge is 0.494 e. The number of methoxy groups -OCH3 is 1. The summed E-state index contributed by atoms with van der Waals surface area (Å²) < 4.78 is 24.1. The number of benzene rings is 2. The summed E-state index contributed by atoms with van der Waals surface area (Å²) >= 11 is 0. The van der Waals surface area contributed by atoms with Crippen molar-refractivity contribution in [1.29, 1.82) is 0 Å². The third-order valence-corrected chi connectivity index (χ3v) is 3.00. The van der Waals surface area contributed by atoms with Crippen molar-refractivity contribution in [1.82, 2.24) is 0 Å². The fourth-order valence-corrected chi connectivity index (χ4v) is 1.95. The van der Waals surface area contributed by atoms with Gasteiger partial charge >= 0.3 is 0 Å². The molecule has 2 aromatic rings. The molecule has 0 saturated heterocycles. The van der Waals surface area contributed by atoms with E-state index in [2.05, 4.69) is 5.16 Å². The summed E-state index contributed by atoms with van der Waals surface area (Å²) in [4.78, 5) is 5.22. The van der Waals surface area contributed by atoms with Crippen LogP contribution in [0.25, 0.3) is 0 Å². The minimum Gasteiger partial charge on any atom is -0.494 e. The highest BCUT2D eigenvalue weighted by Gasteiger charge is 2.04. The number of hydrogen-bond acceptors (Lipinski definition) is 4. The SMILES string of the molecule is COc1ccc(CON=Cc2ccccc2OC(C)C)cc1F. The van der Waals surface area contributed by atoms with Gasteiger partial charge in [0, 0.05) is 5.56 Å². The Bertz CT molecular complexity index is 671. The van der Waals surface area contributed by atoms with Gasteiger partial charge in [0.2, 0.25) is 0 Å². The molecular weight excluding hydrogens is 297 g/mol. The number of halogens is 1. The molecule has 5 heteroatoms. The lowest BCUT2D eigenvalue weighted by Gasteiger charge is -2.11. The first kappa shape index (κ1) is 16.8. The zero-order chi connectivity index (χ0) is 16.7. The van der Waals surface area contributed by atoms with Crippen molar-refractivity contribution in [3.05, 3.63) is 59.4 Å². The van der Waals surface area contributed by atoms with E-state index in [1.807, 2.05) is 38.1 Å². The van der Waals surface area contributed by atoms with E-state index in [0.717, 1.165) is 11.3 Å². The third-order valence-electron chi connectivity index (χ3n) is 3.00. The van der Waals surface area contributed by atoms with Gasteiger partial charge < -0.3 is 14.3 Å². The lowest BCUT2D eigenvalue weighted by molar-refractivity contribution is 0.131. The fraction of sp³-hybridized carbons (Fsp3) is 0.278. The summed E-state index contributed by atoms with van der Waals surface area (Å²) in [7, 11) is 1.43. The maximum atomic E-state index is 13.6. The highest BCUT2D eigenvalue weighted by atomic mass is 19.1. The minimum absolute atomic E-state index is 0.0766. The first-order chi connectivity index (χ1) is 11.1. The Morgan fingerprint density at radius 3 is 2.61 bits per heavy atom. The maximum Gasteiger partial charge on any atom is 0.165 e. The van der Waals surface area contributed by atoms with Crippen LogP contribution in [0.2, 0.25) is 0 Å². The van der Waals surface area contributed by atoms with Crippen LogP contribution in [-0.4, -0.2) is 19.4 Å². The molecule has 0 amide bonds. The first-order valence-electron chi connectivity index (χ1n) is 7.33.